The van der Waals surface area contributed by atoms with Crippen molar-refractivity contribution in [3.8, 4) is 11.4 Å². The molecular weight excluding hydrogens is 368 g/mol. The zero-order valence-electron chi connectivity index (χ0n) is 14.9. The number of hydrogen-bond donors (Lipinski definition) is 3. The van der Waals surface area contributed by atoms with E-state index in [4.69, 9.17) is 23.1 Å². The number of hydrogen-bond acceptors (Lipinski definition) is 5. The fraction of sp³-hybridized carbons (Fsp3) is 0.167. The summed E-state index contributed by atoms with van der Waals surface area (Å²) in [6.07, 6.45) is 1.60. The molecule has 4 rings (SSSR count). The van der Waals surface area contributed by atoms with E-state index < -0.39 is 5.91 Å². The fourth-order valence-electron chi connectivity index (χ4n) is 3.54. The number of amides is 1. The number of nitrogens with zero attached hydrogens (tertiary/aromatic N) is 4. The molecule has 138 valence electrons. The average Bonchev–Trinajstić information content (AvgIpc) is 3.11. The molecule has 0 spiro atoms. The summed E-state index contributed by atoms with van der Waals surface area (Å²) in [5, 5.41) is 10.7. The highest BCUT2D eigenvalue weighted by molar-refractivity contribution is 6.37. The molecule has 8 nitrogen and oxygen atoms in total. The van der Waals surface area contributed by atoms with E-state index in [1.165, 1.54) is 0 Å². The summed E-state index contributed by atoms with van der Waals surface area (Å²) < 4.78 is 3.39. The molecule has 5 N–H and O–H groups in total. The third-order valence-electron chi connectivity index (χ3n) is 4.82. The number of carbonyl (C=O) groups is 1. The first-order chi connectivity index (χ1) is 12.7. The summed E-state index contributed by atoms with van der Waals surface area (Å²) in [4.78, 5) is 21.0. The molecule has 27 heavy (non-hydrogen) atoms. The number of rotatable bonds is 2. The number of aromatic hydroxyl groups is 1. The first-order valence-electron chi connectivity index (χ1n) is 8.13. The average molecular weight is 385 g/mol. The molecule has 1 amide bonds. The molecule has 3 heterocycles. The van der Waals surface area contributed by atoms with Gasteiger partial charge in [-0.3, -0.25) is 9.36 Å². The summed E-state index contributed by atoms with van der Waals surface area (Å²) in [5.74, 6) is -0.489. The number of benzene rings is 1. The molecule has 0 radical (unpaired) electrons. The number of fused-ring (bicyclic) bond motifs is 3. The van der Waals surface area contributed by atoms with E-state index in [2.05, 4.69) is 9.97 Å². The van der Waals surface area contributed by atoms with Crippen LogP contribution in [0.1, 0.15) is 21.5 Å². The number of anilines is 1. The zero-order chi connectivity index (χ0) is 19.6. The lowest BCUT2D eigenvalue weighted by molar-refractivity contribution is 0.100. The maximum Gasteiger partial charge on any atom is 0.253 e. The number of carbonyl (C=O) groups excluding carboxylic acids is 1. The highest BCUT2D eigenvalue weighted by Gasteiger charge is 2.28. The number of nitrogens with two attached hydrogens (primary N) is 2. The van der Waals surface area contributed by atoms with E-state index in [0.29, 0.717) is 33.3 Å². The molecule has 0 bridgehead atoms. The first-order valence-corrected chi connectivity index (χ1v) is 8.51. The van der Waals surface area contributed by atoms with E-state index >= 15 is 0 Å². The summed E-state index contributed by atoms with van der Waals surface area (Å²) in [6, 6.07) is 3.38. The van der Waals surface area contributed by atoms with Gasteiger partial charge in [0, 0.05) is 12.6 Å². The number of aromatic nitrogens is 4. The smallest absolute Gasteiger partial charge is 0.253 e. The number of phenolic OH excluding ortho intramolecular Hbond substituents is 1. The number of halogens is 1. The van der Waals surface area contributed by atoms with Crippen LogP contribution in [0, 0.1) is 13.8 Å². The van der Waals surface area contributed by atoms with Crippen LogP contribution in [0.5, 0.6) is 5.75 Å². The Labute approximate surface area is 159 Å². The van der Waals surface area contributed by atoms with Gasteiger partial charge in [-0.25, -0.2) is 9.97 Å². The van der Waals surface area contributed by atoms with Crippen molar-refractivity contribution < 1.29 is 9.90 Å². The van der Waals surface area contributed by atoms with Gasteiger partial charge in [-0.2, -0.15) is 0 Å². The van der Waals surface area contributed by atoms with Crippen molar-refractivity contribution in [3.63, 3.8) is 0 Å². The van der Waals surface area contributed by atoms with Crippen molar-refractivity contribution in [1.82, 2.24) is 19.1 Å². The molecule has 0 atom stereocenters. The predicted octanol–water partition coefficient (Wildman–Crippen LogP) is 2.57. The van der Waals surface area contributed by atoms with Gasteiger partial charge in [0.2, 0.25) is 0 Å². The van der Waals surface area contributed by atoms with Crippen molar-refractivity contribution in [1.29, 1.82) is 0 Å². The first kappa shape index (κ1) is 17.2. The van der Waals surface area contributed by atoms with Gasteiger partial charge in [0.05, 0.1) is 28.5 Å². The van der Waals surface area contributed by atoms with Crippen molar-refractivity contribution in [2.24, 2.45) is 12.8 Å². The molecule has 0 aliphatic carbocycles. The van der Waals surface area contributed by atoms with Crippen LogP contribution in [-0.4, -0.2) is 30.1 Å². The van der Waals surface area contributed by atoms with Gasteiger partial charge in [-0.1, -0.05) is 17.7 Å². The van der Waals surface area contributed by atoms with Gasteiger partial charge in [0.25, 0.3) is 5.91 Å². The van der Waals surface area contributed by atoms with Crippen LogP contribution in [0.15, 0.2) is 18.5 Å². The minimum absolute atomic E-state index is 0.0807. The summed E-state index contributed by atoms with van der Waals surface area (Å²) in [6.45, 7) is 3.65. The molecule has 0 saturated carbocycles. The van der Waals surface area contributed by atoms with Crippen LogP contribution in [0.25, 0.3) is 27.8 Å². The number of primary amides is 1. The molecule has 0 aliphatic heterocycles. The Hall–Kier alpha value is -3.26. The molecule has 1 aromatic carbocycles. The van der Waals surface area contributed by atoms with Crippen LogP contribution >= 0.6 is 11.6 Å². The summed E-state index contributed by atoms with van der Waals surface area (Å²) in [7, 11) is 1.79. The monoisotopic (exact) mass is 384 g/mol. The van der Waals surface area contributed by atoms with E-state index in [1.807, 2.05) is 6.92 Å². The topological polar surface area (TPSA) is 125 Å². The SMILES string of the molecule is Cc1ccc(O)c(C)c1-n1c(N)c(C(N)=O)c2c(Cl)nc3c(ncn3C)c21. The summed E-state index contributed by atoms with van der Waals surface area (Å²) >= 11 is 6.42. The Morgan fingerprint density at radius 3 is 2.67 bits per heavy atom. The van der Waals surface area contributed by atoms with E-state index in [9.17, 15) is 9.90 Å². The molecule has 3 aromatic heterocycles. The lowest BCUT2D eigenvalue weighted by Crippen LogP contribution is -2.14. The van der Waals surface area contributed by atoms with Gasteiger partial charge in [-0.05, 0) is 25.5 Å². The minimum atomic E-state index is -0.717. The lowest BCUT2D eigenvalue weighted by atomic mass is 10.1. The van der Waals surface area contributed by atoms with Gasteiger partial charge in [0.15, 0.2) is 5.65 Å². The molecule has 0 aliphatic rings. The molecule has 0 unspecified atom stereocenters. The van der Waals surface area contributed by atoms with E-state index in [0.717, 1.165) is 5.56 Å². The van der Waals surface area contributed by atoms with Crippen molar-refractivity contribution in [2.75, 3.05) is 5.73 Å². The zero-order valence-corrected chi connectivity index (χ0v) is 15.7. The molecule has 4 aromatic rings. The standard InChI is InChI=1S/C18H17ClN6O2/c1-7-4-5-9(26)8(2)13(7)25-14-10(11(16(25)20)17(21)27)15(19)23-18-12(14)22-6-24(18)3/h4-6,26H,20H2,1-3H3,(H2,21,27). The predicted molar refractivity (Wildman–Crippen MR) is 104 cm³/mol. The Morgan fingerprint density at radius 2 is 2.00 bits per heavy atom. The maximum atomic E-state index is 12.2. The number of aryl methyl sites for hydroxylation is 2. The normalized spacial score (nSPS) is 11.6. The van der Waals surface area contributed by atoms with Gasteiger partial charge < -0.3 is 21.1 Å². The molecule has 0 saturated heterocycles. The van der Waals surface area contributed by atoms with Crippen LogP contribution in [0.4, 0.5) is 5.82 Å². The van der Waals surface area contributed by atoms with Gasteiger partial charge >= 0.3 is 0 Å². The quantitative estimate of drug-likeness (QED) is 0.458. The molecular formula is C18H17ClN6O2. The largest absolute Gasteiger partial charge is 0.508 e. The van der Waals surface area contributed by atoms with Crippen molar-refractivity contribution in [3.05, 3.63) is 40.3 Å². The Morgan fingerprint density at radius 1 is 1.30 bits per heavy atom. The highest BCUT2D eigenvalue weighted by Crippen LogP contribution is 2.40. The molecule has 9 heteroatoms. The molecule has 0 fully saturated rings. The Bertz CT molecular complexity index is 1270. The van der Waals surface area contributed by atoms with Gasteiger partial charge in [-0.15, -0.1) is 0 Å². The third-order valence-corrected chi connectivity index (χ3v) is 5.10. The number of nitrogen functional groups attached to an aromatic ring is 1. The third kappa shape index (κ3) is 2.20. The van der Waals surface area contributed by atoms with Crippen molar-refractivity contribution in [2.45, 2.75) is 13.8 Å². The second-order valence-corrected chi connectivity index (χ2v) is 6.85. The highest BCUT2D eigenvalue weighted by atomic mass is 35.5. The van der Waals surface area contributed by atoms with E-state index in [1.54, 1.807) is 41.6 Å². The maximum absolute atomic E-state index is 12.2. The summed E-state index contributed by atoms with van der Waals surface area (Å²) in [5.41, 5.74) is 15.7. The lowest BCUT2D eigenvalue weighted by Gasteiger charge is -2.16. The van der Waals surface area contributed by atoms with Crippen LogP contribution in [0.3, 0.4) is 0 Å². The van der Waals surface area contributed by atoms with Crippen molar-refractivity contribution >= 4 is 45.4 Å². The number of pyridine rings is 1. The van der Waals surface area contributed by atoms with Crippen LogP contribution in [0.2, 0.25) is 5.15 Å². The van der Waals surface area contributed by atoms with E-state index in [-0.39, 0.29) is 22.3 Å². The second kappa shape index (κ2) is 5.62. The van der Waals surface area contributed by atoms with Crippen LogP contribution in [-0.2, 0) is 7.05 Å². The fourth-order valence-corrected chi connectivity index (χ4v) is 3.80. The Balaban J connectivity index is 2.34. The number of phenols is 1. The Kier molecular flexibility index (Phi) is 3.57. The second-order valence-electron chi connectivity index (χ2n) is 6.49. The van der Waals surface area contributed by atoms with Crippen LogP contribution < -0.4 is 11.5 Å². The minimum Gasteiger partial charge on any atom is -0.508 e. The number of imidazole rings is 1. The van der Waals surface area contributed by atoms with Gasteiger partial charge in [0.1, 0.15) is 22.2 Å².